The summed E-state index contributed by atoms with van der Waals surface area (Å²) >= 11 is 0. The molecule has 0 fully saturated rings. The first-order valence-electron chi connectivity index (χ1n) is 9.90. The summed E-state index contributed by atoms with van der Waals surface area (Å²) in [6, 6.07) is 12.2. The smallest absolute Gasteiger partial charge is 0.139 e. The number of benzene rings is 2. The third-order valence-corrected chi connectivity index (χ3v) is 5.49. The van der Waals surface area contributed by atoms with Crippen LogP contribution in [0.2, 0.25) is 0 Å². The van der Waals surface area contributed by atoms with Crippen LogP contribution in [0, 0.1) is 0 Å². The van der Waals surface area contributed by atoms with Crippen LogP contribution in [0.3, 0.4) is 0 Å². The molecule has 0 aliphatic carbocycles. The number of aromatic amines is 1. The van der Waals surface area contributed by atoms with Gasteiger partial charge in [0.15, 0.2) is 0 Å². The van der Waals surface area contributed by atoms with Gasteiger partial charge in [0, 0.05) is 31.2 Å². The Balaban J connectivity index is 1.56. The van der Waals surface area contributed by atoms with Crippen molar-refractivity contribution in [3.05, 3.63) is 60.2 Å². The van der Waals surface area contributed by atoms with E-state index in [1.54, 1.807) is 7.11 Å². The van der Waals surface area contributed by atoms with E-state index in [4.69, 9.17) is 19.4 Å². The van der Waals surface area contributed by atoms with Crippen LogP contribution in [0.25, 0.3) is 22.0 Å². The number of ether oxygens (including phenoxy) is 2. The summed E-state index contributed by atoms with van der Waals surface area (Å²) in [5.41, 5.74) is 4.16. The number of nitrogens with zero attached hydrogens (tertiary/aromatic N) is 4. The molecule has 0 spiro atoms. The van der Waals surface area contributed by atoms with Gasteiger partial charge in [0.05, 0.1) is 31.3 Å². The minimum Gasteiger partial charge on any atom is -0.497 e. The van der Waals surface area contributed by atoms with E-state index in [0.29, 0.717) is 6.61 Å². The van der Waals surface area contributed by atoms with Crippen molar-refractivity contribution in [3.8, 4) is 22.6 Å². The fraction of sp³-hybridized carbons (Fsp3) is 0.261. The maximum Gasteiger partial charge on any atom is 0.139 e. The molecule has 1 N–H and O–H groups in total. The number of hydrogen-bond acceptors (Lipinski definition) is 6. The van der Waals surface area contributed by atoms with Crippen LogP contribution in [0.15, 0.2) is 48.8 Å². The highest BCUT2D eigenvalue weighted by molar-refractivity contribution is 5.93. The van der Waals surface area contributed by atoms with E-state index >= 15 is 0 Å². The number of anilines is 1. The molecule has 0 unspecified atom stereocenters. The van der Waals surface area contributed by atoms with E-state index in [-0.39, 0.29) is 5.92 Å². The molecule has 2 aromatic carbocycles. The molecule has 1 atom stereocenters. The van der Waals surface area contributed by atoms with Gasteiger partial charge in [-0.3, -0.25) is 5.10 Å². The Morgan fingerprint density at radius 1 is 1.10 bits per heavy atom. The van der Waals surface area contributed by atoms with Gasteiger partial charge in [0.1, 0.15) is 23.1 Å². The van der Waals surface area contributed by atoms with Crippen LogP contribution < -0.4 is 14.4 Å². The Morgan fingerprint density at radius 3 is 2.77 bits per heavy atom. The van der Waals surface area contributed by atoms with Crippen LogP contribution >= 0.6 is 0 Å². The Kier molecular flexibility index (Phi) is 4.50. The summed E-state index contributed by atoms with van der Waals surface area (Å²) < 4.78 is 11.4. The van der Waals surface area contributed by atoms with E-state index in [0.717, 1.165) is 57.2 Å². The van der Waals surface area contributed by atoms with Gasteiger partial charge in [-0.15, -0.1) is 0 Å². The molecule has 1 aliphatic rings. The van der Waals surface area contributed by atoms with Gasteiger partial charge in [0.25, 0.3) is 0 Å². The average molecular weight is 401 g/mol. The number of methoxy groups -OCH3 is 1. The van der Waals surface area contributed by atoms with E-state index in [1.807, 2.05) is 49.6 Å². The first kappa shape index (κ1) is 18.4. The standard InChI is InChI=1S/C23H23N5O2/c1-28(2)23-19-10-14(17-11-24-25-12-17)4-6-20(19)26-22(27-23)16-8-15-9-18(29-3)5-7-21(15)30-13-16/h4-7,9-12,16H,8,13H2,1-3H3,(H,24,25)/t16-/m0/s1. The molecule has 0 amide bonds. The number of fused-ring (bicyclic) bond motifs is 2. The highest BCUT2D eigenvalue weighted by Crippen LogP contribution is 2.35. The van der Waals surface area contributed by atoms with Crippen molar-refractivity contribution in [1.82, 2.24) is 20.2 Å². The van der Waals surface area contributed by atoms with Crippen LogP contribution in [0.5, 0.6) is 11.5 Å². The second-order valence-corrected chi connectivity index (χ2v) is 7.70. The van der Waals surface area contributed by atoms with Crippen LogP contribution in [-0.2, 0) is 6.42 Å². The predicted octanol–water partition coefficient (Wildman–Crippen LogP) is 3.81. The van der Waals surface area contributed by atoms with E-state index < -0.39 is 0 Å². The third kappa shape index (κ3) is 3.22. The highest BCUT2D eigenvalue weighted by Gasteiger charge is 2.25. The van der Waals surface area contributed by atoms with Crippen LogP contribution in [0.1, 0.15) is 17.3 Å². The zero-order chi connectivity index (χ0) is 20.7. The topological polar surface area (TPSA) is 76.2 Å². The number of nitrogens with one attached hydrogen (secondary N) is 1. The van der Waals surface area contributed by atoms with Crippen molar-refractivity contribution in [3.63, 3.8) is 0 Å². The minimum atomic E-state index is 0.0845. The van der Waals surface area contributed by atoms with Crippen molar-refractivity contribution >= 4 is 16.7 Å². The summed E-state index contributed by atoms with van der Waals surface area (Å²) in [6.45, 7) is 0.560. The zero-order valence-corrected chi connectivity index (χ0v) is 17.2. The fourth-order valence-corrected chi connectivity index (χ4v) is 3.91. The normalized spacial score (nSPS) is 15.5. The van der Waals surface area contributed by atoms with Crippen molar-refractivity contribution in [1.29, 1.82) is 0 Å². The lowest BCUT2D eigenvalue weighted by Gasteiger charge is -2.26. The lowest BCUT2D eigenvalue weighted by Crippen LogP contribution is -2.22. The van der Waals surface area contributed by atoms with E-state index in [1.165, 1.54) is 0 Å². The molecule has 4 aromatic rings. The van der Waals surface area contributed by atoms with E-state index in [9.17, 15) is 0 Å². The van der Waals surface area contributed by atoms with Crippen LogP contribution in [0.4, 0.5) is 5.82 Å². The lowest BCUT2D eigenvalue weighted by molar-refractivity contribution is 0.257. The van der Waals surface area contributed by atoms with Gasteiger partial charge in [0.2, 0.25) is 0 Å². The van der Waals surface area contributed by atoms with Crippen molar-refractivity contribution in [2.24, 2.45) is 0 Å². The van der Waals surface area contributed by atoms with Gasteiger partial charge >= 0.3 is 0 Å². The summed E-state index contributed by atoms with van der Waals surface area (Å²) in [5, 5.41) is 7.94. The highest BCUT2D eigenvalue weighted by atomic mass is 16.5. The zero-order valence-electron chi connectivity index (χ0n) is 17.2. The molecule has 152 valence electrons. The minimum absolute atomic E-state index is 0.0845. The van der Waals surface area contributed by atoms with Crippen molar-refractivity contribution < 1.29 is 9.47 Å². The van der Waals surface area contributed by atoms with Crippen molar-refractivity contribution in [2.45, 2.75) is 12.3 Å². The molecule has 3 heterocycles. The Morgan fingerprint density at radius 2 is 2.00 bits per heavy atom. The first-order chi connectivity index (χ1) is 14.6. The molecule has 7 heteroatoms. The molecular weight excluding hydrogens is 378 g/mol. The van der Waals surface area contributed by atoms with Gasteiger partial charge in [-0.1, -0.05) is 6.07 Å². The summed E-state index contributed by atoms with van der Waals surface area (Å²) in [4.78, 5) is 11.9. The maximum absolute atomic E-state index is 6.01. The first-order valence-corrected chi connectivity index (χ1v) is 9.90. The van der Waals surface area contributed by atoms with Gasteiger partial charge < -0.3 is 14.4 Å². The monoisotopic (exact) mass is 401 g/mol. The molecule has 0 saturated carbocycles. The molecule has 5 rings (SSSR count). The van der Waals surface area contributed by atoms with Gasteiger partial charge in [-0.05, 0) is 47.9 Å². The number of aromatic nitrogens is 4. The fourth-order valence-electron chi connectivity index (χ4n) is 3.91. The second kappa shape index (κ2) is 7.33. The Labute approximate surface area is 174 Å². The summed E-state index contributed by atoms with van der Waals surface area (Å²) in [7, 11) is 5.69. The summed E-state index contributed by atoms with van der Waals surface area (Å²) in [6.07, 6.45) is 4.52. The van der Waals surface area contributed by atoms with Gasteiger partial charge in [-0.2, -0.15) is 5.10 Å². The Bertz CT molecular complexity index is 1200. The van der Waals surface area contributed by atoms with E-state index in [2.05, 4.69) is 28.4 Å². The Hall–Kier alpha value is -3.61. The lowest BCUT2D eigenvalue weighted by atomic mass is 9.95. The third-order valence-electron chi connectivity index (χ3n) is 5.49. The summed E-state index contributed by atoms with van der Waals surface area (Å²) in [5.74, 6) is 3.53. The maximum atomic E-state index is 6.01. The van der Waals surface area contributed by atoms with Gasteiger partial charge in [-0.25, -0.2) is 9.97 Å². The quantitative estimate of drug-likeness (QED) is 0.560. The second-order valence-electron chi connectivity index (χ2n) is 7.70. The SMILES string of the molecule is COc1ccc2c(c1)C[C@H](c1nc(N(C)C)c3cc(-c4cn[nH]c4)ccc3n1)CO2. The van der Waals surface area contributed by atoms with Crippen molar-refractivity contribution in [2.75, 3.05) is 32.7 Å². The predicted molar refractivity (Wildman–Crippen MR) is 116 cm³/mol. The number of H-pyrrole nitrogens is 1. The number of rotatable bonds is 4. The molecule has 7 nitrogen and oxygen atoms in total. The largest absolute Gasteiger partial charge is 0.497 e. The average Bonchev–Trinajstić information content (AvgIpc) is 3.32. The molecule has 0 bridgehead atoms. The number of hydrogen-bond donors (Lipinski definition) is 1. The molecule has 1 aliphatic heterocycles. The van der Waals surface area contributed by atoms with Crippen LogP contribution in [-0.4, -0.2) is 48.0 Å². The molecule has 0 saturated heterocycles. The molecular formula is C23H23N5O2. The molecule has 0 radical (unpaired) electrons. The molecule has 2 aromatic heterocycles. The molecule has 30 heavy (non-hydrogen) atoms.